The smallest absolute Gasteiger partial charge is 0.424 e. The van der Waals surface area contributed by atoms with Gasteiger partial charge in [-0.15, -0.1) is 0 Å². The van der Waals surface area contributed by atoms with Gasteiger partial charge in [0.2, 0.25) is 0 Å². The molecule has 0 saturated heterocycles. The first-order valence-corrected chi connectivity index (χ1v) is 7.19. The zero-order valence-electron chi connectivity index (χ0n) is 13.7. The Morgan fingerprint density at radius 3 is 2.13 bits per heavy atom. The van der Waals surface area contributed by atoms with E-state index >= 15 is 0 Å². The van der Waals surface area contributed by atoms with Gasteiger partial charge in [0.15, 0.2) is 5.69 Å². The number of aromatic nitrogens is 2. The standard InChI is InChI=1S/C17H19F3N2O/c1-10-8-12(16(3,4)5)6-7-13(10)23-15-21-11(2)9-14(22-15)17(18,19)20/h6-9H,1-5H3. The van der Waals surface area contributed by atoms with Crippen LogP contribution in [0.2, 0.25) is 0 Å². The van der Waals surface area contributed by atoms with E-state index in [1.165, 1.54) is 6.92 Å². The number of ether oxygens (including phenoxy) is 1. The molecule has 0 amide bonds. The summed E-state index contributed by atoms with van der Waals surface area (Å²) in [6.45, 7) is 9.56. The number of alkyl halides is 3. The highest BCUT2D eigenvalue weighted by molar-refractivity contribution is 5.40. The van der Waals surface area contributed by atoms with Crippen LogP contribution in [0.15, 0.2) is 24.3 Å². The van der Waals surface area contributed by atoms with E-state index in [1.54, 1.807) is 6.07 Å². The molecule has 0 atom stereocenters. The molecule has 1 aromatic heterocycles. The van der Waals surface area contributed by atoms with E-state index in [0.717, 1.165) is 17.2 Å². The summed E-state index contributed by atoms with van der Waals surface area (Å²) >= 11 is 0. The van der Waals surface area contributed by atoms with Gasteiger partial charge in [-0.05, 0) is 42.5 Å². The number of hydrogen-bond acceptors (Lipinski definition) is 3. The van der Waals surface area contributed by atoms with Gasteiger partial charge < -0.3 is 4.74 Å². The molecule has 0 unspecified atom stereocenters. The summed E-state index contributed by atoms with van der Waals surface area (Å²) in [5.41, 5.74) is 1.10. The monoisotopic (exact) mass is 324 g/mol. The second-order valence-electron chi connectivity index (χ2n) is 6.51. The highest BCUT2D eigenvalue weighted by atomic mass is 19.4. The molecule has 23 heavy (non-hydrogen) atoms. The average Bonchev–Trinajstić information content (AvgIpc) is 2.38. The lowest BCUT2D eigenvalue weighted by Gasteiger charge is -2.20. The molecule has 0 N–H and O–H groups in total. The Bertz CT molecular complexity index is 719. The van der Waals surface area contributed by atoms with Crippen LogP contribution in [0, 0.1) is 13.8 Å². The maximum atomic E-state index is 12.8. The number of nitrogens with zero attached hydrogens (tertiary/aromatic N) is 2. The minimum atomic E-state index is -4.53. The Hall–Kier alpha value is -2.11. The molecule has 124 valence electrons. The van der Waals surface area contributed by atoms with Crippen LogP contribution in [0.25, 0.3) is 0 Å². The van der Waals surface area contributed by atoms with E-state index in [0.29, 0.717) is 5.75 Å². The highest BCUT2D eigenvalue weighted by Crippen LogP contribution is 2.32. The normalized spacial score (nSPS) is 12.3. The van der Waals surface area contributed by atoms with Crippen LogP contribution < -0.4 is 4.74 Å². The van der Waals surface area contributed by atoms with Crippen molar-refractivity contribution in [2.24, 2.45) is 0 Å². The Balaban J connectivity index is 2.35. The lowest BCUT2D eigenvalue weighted by molar-refractivity contribution is -0.141. The Morgan fingerprint density at radius 2 is 1.61 bits per heavy atom. The third-order valence-corrected chi connectivity index (χ3v) is 3.37. The molecule has 0 aliphatic rings. The first-order valence-electron chi connectivity index (χ1n) is 7.19. The summed E-state index contributed by atoms with van der Waals surface area (Å²) in [5.74, 6) is 0.441. The maximum absolute atomic E-state index is 12.8. The number of hydrogen-bond donors (Lipinski definition) is 0. The van der Waals surface area contributed by atoms with Gasteiger partial charge in [0.25, 0.3) is 0 Å². The first-order chi connectivity index (χ1) is 10.5. The van der Waals surface area contributed by atoms with E-state index in [9.17, 15) is 13.2 Å². The van der Waals surface area contributed by atoms with E-state index < -0.39 is 11.9 Å². The van der Waals surface area contributed by atoms with Crippen molar-refractivity contribution in [2.45, 2.75) is 46.2 Å². The van der Waals surface area contributed by atoms with Crippen LogP contribution in [0.1, 0.15) is 43.3 Å². The fraction of sp³-hybridized carbons (Fsp3) is 0.412. The molecule has 0 fully saturated rings. The third kappa shape index (κ3) is 4.21. The molecule has 0 spiro atoms. The van der Waals surface area contributed by atoms with Gasteiger partial charge >= 0.3 is 12.2 Å². The minimum absolute atomic E-state index is 0.0213. The van der Waals surface area contributed by atoms with Gasteiger partial charge in [-0.3, -0.25) is 0 Å². The van der Waals surface area contributed by atoms with E-state index in [4.69, 9.17) is 4.74 Å². The Kier molecular flexibility index (Phi) is 4.37. The summed E-state index contributed by atoms with van der Waals surface area (Å²) in [6, 6.07) is 6.17. The maximum Gasteiger partial charge on any atom is 0.433 e. The molecule has 6 heteroatoms. The van der Waals surface area contributed by atoms with Crippen molar-refractivity contribution in [3.05, 3.63) is 46.8 Å². The predicted octanol–water partition coefficient (Wildman–Crippen LogP) is 5.20. The molecule has 2 rings (SSSR count). The number of aryl methyl sites for hydroxylation is 2. The van der Waals surface area contributed by atoms with Crippen LogP contribution in [0.4, 0.5) is 13.2 Å². The summed E-state index contributed by atoms with van der Waals surface area (Å²) in [4.78, 5) is 7.38. The topological polar surface area (TPSA) is 35.0 Å². The molecule has 0 saturated carbocycles. The average molecular weight is 324 g/mol. The number of halogens is 3. The zero-order valence-corrected chi connectivity index (χ0v) is 13.7. The molecule has 0 aliphatic heterocycles. The van der Waals surface area contributed by atoms with Crippen molar-refractivity contribution in [1.29, 1.82) is 0 Å². The fourth-order valence-electron chi connectivity index (χ4n) is 2.06. The fourth-order valence-corrected chi connectivity index (χ4v) is 2.06. The van der Waals surface area contributed by atoms with Crippen molar-refractivity contribution in [3.63, 3.8) is 0 Å². The molecule has 0 bridgehead atoms. The molecule has 3 nitrogen and oxygen atoms in total. The van der Waals surface area contributed by atoms with E-state index in [2.05, 4.69) is 30.7 Å². The highest BCUT2D eigenvalue weighted by Gasteiger charge is 2.33. The second-order valence-corrected chi connectivity index (χ2v) is 6.51. The second kappa shape index (κ2) is 5.83. The predicted molar refractivity (Wildman–Crippen MR) is 81.7 cm³/mol. The zero-order chi connectivity index (χ0) is 17.4. The summed E-state index contributed by atoms with van der Waals surface area (Å²) in [5, 5.41) is 0. The van der Waals surface area contributed by atoms with Gasteiger partial charge in [-0.25, -0.2) is 4.98 Å². The van der Waals surface area contributed by atoms with Gasteiger partial charge in [0.1, 0.15) is 5.75 Å². The van der Waals surface area contributed by atoms with Crippen LogP contribution >= 0.6 is 0 Å². The summed E-state index contributed by atoms with van der Waals surface area (Å²) in [7, 11) is 0. The van der Waals surface area contributed by atoms with Gasteiger partial charge in [-0.1, -0.05) is 32.9 Å². The van der Waals surface area contributed by atoms with E-state index in [1.807, 2.05) is 19.1 Å². The largest absolute Gasteiger partial charge is 0.433 e. The number of benzene rings is 1. The van der Waals surface area contributed by atoms with Gasteiger partial charge in [0, 0.05) is 5.69 Å². The molecule has 0 radical (unpaired) electrons. The number of rotatable bonds is 2. The van der Waals surface area contributed by atoms with Crippen LogP contribution in [0.3, 0.4) is 0 Å². The van der Waals surface area contributed by atoms with Crippen LogP contribution in [-0.4, -0.2) is 9.97 Å². The molecular weight excluding hydrogens is 305 g/mol. The molecule has 1 heterocycles. The van der Waals surface area contributed by atoms with Crippen molar-refractivity contribution in [2.75, 3.05) is 0 Å². The van der Waals surface area contributed by atoms with E-state index in [-0.39, 0.29) is 17.1 Å². The SMILES string of the molecule is Cc1cc(C(F)(F)F)nc(Oc2ccc(C(C)(C)C)cc2C)n1. The van der Waals surface area contributed by atoms with Crippen LogP contribution in [0.5, 0.6) is 11.8 Å². The molecule has 0 aliphatic carbocycles. The van der Waals surface area contributed by atoms with Crippen molar-refractivity contribution in [1.82, 2.24) is 9.97 Å². The summed E-state index contributed by atoms with van der Waals surface area (Å²) < 4.78 is 43.9. The van der Waals surface area contributed by atoms with Gasteiger partial charge in [-0.2, -0.15) is 18.2 Å². The molecular formula is C17H19F3N2O. The van der Waals surface area contributed by atoms with Crippen molar-refractivity contribution in [3.8, 4) is 11.8 Å². The lowest BCUT2D eigenvalue weighted by atomic mass is 9.86. The Labute approximate surface area is 133 Å². The molecule has 2 aromatic rings. The summed E-state index contributed by atoms with van der Waals surface area (Å²) in [6.07, 6.45) is -4.53. The Morgan fingerprint density at radius 1 is 0.957 bits per heavy atom. The van der Waals surface area contributed by atoms with Crippen molar-refractivity contribution >= 4 is 0 Å². The minimum Gasteiger partial charge on any atom is -0.424 e. The van der Waals surface area contributed by atoms with Gasteiger partial charge in [0.05, 0.1) is 0 Å². The third-order valence-electron chi connectivity index (χ3n) is 3.37. The quantitative estimate of drug-likeness (QED) is 0.761. The molecule has 1 aromatic carbocycles. The lowest BCUT2D eigenvalue weighted by Crippen LogP contribution is -2.12. The van der Waals surface area contributed by atoms with Crippen molar-refractivity contribution < 1.29 is 17.9 Å². The van der Waals surface area contributed by atoms with Crippen LogP contribution in [-0.2, 0) is 11.6 Å². The first kappa shape index (κ1) is 17.2.